The third-order valence-electron chi connectivity index (χ3n) is 3.78. The summed E-state index contributed by atoms with van der Waals surface area (Å²) in [5.41, 5.74) is 0.362. The standard InChI is InChI=1S/C17H38N4/c1-8-21(9-2)14-10-11-15(3)20-16(18-7)19-13-12-17(4,5)6/h15H,8-14H2,1-7H3,(H2,18,19,20). The van der Waals surface area contributed by atoms with Crippen molar-refractivity contribution in [2.75, 3.05) is 33.2 Å². The maximum atomic E-state index is 4.31. The smallest absolute Gasteiger partial charge is 0.191 e. The van der Waals surface area contributed by atoms with E-state index in [1.807, 2.05) is 7.05 Å². The van der Waals surface area contributed by atoms with Gasteiger partial charge in [-0.15, -0.1) is 0 Å². The lowest BCUT2D eigenvalue weighted by Crippen LogP contribution is -2.43. The molecule has 0 fully saturated rings. The van der Waals surface area contributed by atoms with E-state index < -0.39 is 0 Å². The van der Waals surface area contributed by atoms with Crippen LogP contribution in [0.1, 0.15) is 60.8 Å². The molecular weight excluding hydrogens is 260 g/mol. The van der Waals surface area contributed by atoms with Crippen LogP contribution in [0.2, 0.25) is 0 Å². The fourth-order valence-corrected chi connectivity index (χ4v) is 2.22. The minimum absolute atomic E-state index is 0.362. The molecule has 0 radical (unpaired) electrons. The van der Waals surface area contributed by atoms with Crippen LogP contribution < -0.4 is 10.6 Å². The molecule has 4 heteroatoms. The van der Waals surface area contributed by atoms with E-state index >= 15 is 0 Å². The van der Waals surface area contributed by atoms with E-state index in [1.165, 1.54) is 19.4 Å². The number of guanidine groups is 1. The van der Waals surface area contributed by atoms with E-state index in [1.54, 1.807) is 0 Å². The second-order valence-electron chi connectivity index (χ2n) is 7.02. The maximum Gasteiger partial charge on any atom is 0.191 e. The molecule has 1 unspecified atom stereocenters. The molecule has 0 spiro atoms. The SMILES string of the molecule is CCN(CC)CCCC(C)NC(=NC)NCCC(C)(C)C. The summed E-state index contributed by atoms with van der Waals surface area (Å²) >= 11 is 0. The Balaban J connectivity index is 3.91. The number of nitrogens with zero attached hydrogens (tertiary/aromatic N) is 2. The van der Waals surface area contributed by atoms with Gasteiger partial charge in [0.2, 0.25) is 0 Å². The van der Waals surface area contributed by atoms with Crippen LogP contribution in [0.3, 0.4) is 0 Å². The molecule has 1 atom stereocenters. The summed E-state index contributed by atoms with van der Waals surface area (Å²) in [5, 5.41) is 6.89. The Morgan fingerprint density at radius 2 is 1.81 bits per heavy atom. The molecule has 0 bridgehead atoms. The van der Waals surface area contributed by atoms with Crippen molar-refractivity contribution in [3.05, 3.63) is 0 Å². The molecular formula is C17H38N4. The first kappa shape index (κ1) is 20.2. The van der Waals surface area contributed by atoms with Gasteiger partial charge in [0.15, 0.2) is 5.96 Å². The van der Waals surface area contributed by atoms with Crippen molar-refractivity contribution >= 4 is 5.96 Å². The van der Waals surface area contributed by atoms with E-state index in [0.29, 0.717) is 11.5 Å². The van der Waals surface area contributed by atoms with Gasteiger partial charge in [-0.05, 0) is 51.2 Å². The van der Waals surface area contributed by atoms with Crippen molar-refractivity contribution in [2.45, 2.75) is 66.8 Å². The zero-order valence-corrected chi connectivity index (χ0v) is 15.4. The molecule has 4 nitrogen and oxygen atoms in total. The Morgan fingerprint density at radius 3 is 2.29 bits per heavy atom. The van der Waals surface area contributed by atoms with E-state index in [9.17, 15) is 0 Å². The van der Waals surface area contributed by atoms with Gasteiger partial charge in [-0.3, -0.25) is 4.99 Å². The van der Waals surface area contributed by atoms with Gasteiger partial charge in [0.1, 0.15) is 0 Å². The van der Waals surface area contributed by atoms with Gasteiger partial charge in [-0.25, -0.2) is 0 Å². The summed E-state index contributed by atoms with van der Waals surface area (Å²) in [5.74, 6) is 0.926. The Morgan fingerprint density at radius 1 is 1.19 bits per heavy atom. The first-order valence-corrected chi connectivity index (χ1v) is 8.52. The molecule has 0 rings (SSSR count). The normalized spacial score (nSPS) is 14.4. The lowest BCUT2D eigenvalue weighted by atomic mass is 9.92. The Kier molecular flexibility index (Phi) is 10.5. The van der Waals surface area contributed by atoms with Crippen molar-refractivity contribution in [3.63, 3.8) is 0 Å². The predicted octanol–water partition coefficient (Wildman–Crippen LogP) is 3.10. The average Bonchev–Trinajstić information content (AvgIpc) is 2.41. The monoisotopic (exact) mass is 298 g/mol. The number of aliphatic imine (C=N–C) groups is 1. The second-order valence-corrected chi connectivity index (χ2v) is 7.02. The molecule has 0 aromatic rings. The number of rotatable bonds is 9. The van der Waals surface area contributed by atoms with Crippen LogP contribution in [0.25, 0.3) is 0 Å². The minimum Gasteiger partial charge on any atom is -0.356 e. The lowest BCUT2D eigenvalue weighted by Gasteiger charge is -2.22. The van der Waals surface area contributed by atoms with Gasteiger partial charge in [-0.2, -0.15) is 0 Å². The molecule has 0 heterocycles. The van der Waals surface area contributed by atoms with E-state index in [-0.39, 0.29) is 0 Å². The van der Waals surface area contributed by atoms with Crippen LogP contribution in [0.5, 0.6) is 0 Å². The Bertz CT molecular complexity index is 277. The van der Waals surface area contributed by atoms with Crippen LogP contribution in [0, 0.1) is 5.41 Å². The number of hydrogen-bond donors (Lipinski definition) is 2. The topological polar surface area (TPSA) is 39.7 Å². The molecule has 2 N–H and O–H groups in total. The second kappa shape index (κ2) is 10.9. The molecule has 0 amide bonds. The predicted molar refractivity (Wildman–Crippen MR) is 95.1 cm³/mol. The van der Waals surface area contributed by atoms with Crippen molar-refractivity contribution in [1.82, 2.24) is 15.5 Å². The quantitative estimate of drug-likeness (QED) is 0.507. The molecule has 0 aliphatic rings. The van der Waals surface area contributed by atoms with Gasteiger partial charge in [-0.1, -0.05) is 34.6 Å². The zero-order chi connectivity index (χ0) is 16.3. The third kappa shape index (κ3) is 11.6. The van der Waals surface area contributed by atoms with Crippen LogP contribution in [0.4, 0.5) is 0 Å². The first-order chi connectivity index (χ1) is 9.82. The molecule has 0 aromatic carbocycles. The fraction of sp³-hybridized carbons (Fsp3) is 0.941. The van der Waals surface area contributed by atoms with Crippen molar-refractivity contribution < 1.29 is 0 Å². The summed E-state index contributed by atoms with van der Waals surface area (Å²) in [4.78, 5) is 6.78. The highest BCUT2D eigenvalue weighted by atomic mass is 15.2. The van der Waals surface area contributed by atoms with Gasteiger partial charge in [0.25, 0.3) is 0 Å². The van der Waals surface area contributed by atoms with E-state index in [0.717, 1.165) is 32.0 Å². The fourth-order valence-electron chi connectivity index (χ4n) is 2.22. The van der Waals surface area contributed by atoms with Crippen LogP contribution >= 0.6 is 0 Å². The molecule has 0 saturated carbocycles. The minimum atomic E-state index is 0.362. The van der Waals surface area contributed by atoms with Crippen molar-refractivity contribution in [1.29, 1.82) is 0 Å². The van der Waals surface area contributed by atoms with Gasteiger partial charge in [0, 0.05) is 19.6 Å². The van der Waals surface area contributed by atoms with Crippen LogP contribution in [-0.2, 0) is 0 Å². The summed E-state index contributed by atoms with van der Waals surface area (Å²) in [6.07, 6.45) is 3.55. The number of nitrogens with one attached hydrogen (secondary N) is 2. The lowest BCUT2D eigenvalue weighted by molar-refractivity contribution is 0.292. The van der Waals surface area contributed by atoms with E-state index in [4.69, 9.17) is 0 Å². The Hall–Kier alpha value is -0.770. The summed E-state index contributed by atoms with van der Waals surface area (Å²) in [6, 6.07) is 0.460. The van der Waals surface area contributed by atoms with Gasteiger partial charge >= 0.3 is 0 Å². The highest BCUT2D eigenvalue weighted by molar-refractivity contribution is 5.79. The molecule has 21 heavy (non-hydrogen) atoms. The zero-order valence-electron chi connectivity index (χ0n) is 15.4. The summed E-state index contributed by atoms with van der Waals surface area (Å²) in [6.45, 7) is 17.9. The van der Waals surface area contributed by atoms with Crippen molar-refractivity contribution in [2.24, 2.45) is 10.4 Å². The van der Waals surface area contributed by atoms with Crippen LogP contribution in [-0.4, -0.2) is 50.1 Å². The maximum absolute atomic E-state index is 4.31. The number of hydrogen-bond acceptors (Lipinski definition) is 2. The van der Waals surface area contributed by atoms with Gasteiger partial charge < -0.3 is 15.5 Å². The third-order valence-corrected chi connectivity index (χ3v) is 3.78. The highest BCUT2D eigenvalue weighted by Crippen LogP contribution is 2.16. The molecule has 0 aliphatic carbocycles. The molecule has 0 aromatic heterocycles. The molecule has 126 valence electrons. The Labute approximate surface area is 132 Å². The average molecular weight is 299 g/mol. The van der Waals surface area contributed by atoms with E-state index in [2.05, 4.69) is 62.1 Å². The first-order valence-electron chi connectivity index (χ1n) is 8.52. The summed E-state index contributed by atoms with van der Waals surface area (Å²) < 4.78 is 0. The molecule has 0 saturated heterocycles. The van der Waals surface area contributed by atoms with Crippen molar-refractivity contribution in [3.8, 4) is 0 Å². The highest BCUT2D eigenvalue weighted by Gasteiger charge is 2.11. The largest absolute Gasteiger partial charge is 0.356 e. The summed E-state index contributed by atoms with van der Waals surface area (Å²) in [7, 11) is 1.84. The van der Waals surface area contributed by atoms with Crippen LogP contribution in [0.15, 0.2) is 4.99 Å². The van der Waals surface area contributed by atoms with Gasteiger partial charge in [0.05, 0.1) is 0 Å². The molecule has 0 aliphatic heterocycles.